The van der Waals surface area contributed by atoms with E-state index >= 15 is 0 Å². The summed E-state index contributed by atoms with van der Waals surface area (Å²) in [4.78, 5) is 13.7. The van der Waals surface area contributed by atoms with Crippen molar-refractivity contribution < 1.29 is 14.3 Å². The highest BCUT2D eigenvalue weighted by Crippen LogP contribution is 2.45. The van der Waals surface area contributed by atoms with E-state index < -0.39 is 5.97 Å². The lowest BCUT2D eigenvalue weighted by molar-refractivity contribution is 0.0696. The van der Waals surface area contributed by atoms with E-state index in [2.05, 4.69) is 19.2 Å². The lowest BCUT2D eigenvalue weighted by Gasteiger charge is -2.29. The van der Waals surface area contributed by atoms with Crippen LogP contribution in [0.3, 0.4) is 0 Å². The number of nitrogens with one attached hydrogen (secondary N) is 1. The second-order valence-corrected chi connectivity index (χ2v) is 8.30. The Morgan fingerprint density at radius 1 is 1.42 bits per heavy atom. The van der Waals surface area contributed by atoms with Crippen molar-refractivity contribution in [2.45, 2.75) is 39.7 Å². The molecular formula is C19H22FNO2S. The number of fused-ring (bicyclic) bond motifs is 1. The number of carbonyl (C=O) groups is 1. The second-order valence-electron chi connectivity index (χ2n) is 7.19. The molecule has 0 aliphatic heterocycles. The fraction of sp³-hybridized carbons (Fsp3) is 0.421. The van der Waals surface area contributed by atoms with Gasteiger partial charge in [0.15, 0.2) is 0 Å². The molecular weight excluding hydrogens is 325 g/mol. The van der Waals surface area contributed by atoms with Crippen molar-refractivity contribution in [1.29, 1.82) is 0 Å². The molecule has 1 aliphatic rings. The highest BCUT2D eigenvalue weighted by molar-refractivity contribution is 7.16. The van der Waals surface area contributed by atoms with E-state index in [1.54, 1.807) is 13.1 Å². The number of halogens is 1. The van der Waals surface area contributed by atoms with E-state index in [1.165, 1.54) is 17.4 Å². The van der Waals surface area contributed by atoms with Crippen LogP contribution in [0, 0.1) is 11.2 Å². The summed E-state index contributed by atoms with van der Waals surface area (Å²) in [5.74, 6) is -1.22. The molecule has 2 aromatic rings. The van der Waals surface area contributed by atoms with Crippen LogP contribution in [0.15, 0.2) is 18.2 Å². The van der Waals surface area contributed by atoms with Crippen molar-refractivity contribution in [2.75, 3.05) is 7.05 Å². The Hall–Kier alpha value is -1.72. The molecule has 0 unspecified atom stereocenters. The van der Waals surface area contributed by atoms with Crippen LogP contribution in [0.1, 0.15) is 46.6 Å². The van der Waals surface area contributed by atoms with Crippen molar-refractivity contribution in [3.8, 4) is 10.4 Å². The van der Waals surface area contributed by atoms with Crippen molar-refractivity contribution >= 4 is 17.3 Å². The van der Waals surface area contributed by atoms with Crippen molar-refractivity contribution in [3.05, 3.63) is 45.6 Å². The normalized spacial score (nSPS) is 16.0. The third-order valence-electron chi connectivity index (χ3n) is 4.67. The van der Waals surface area contributed by atoms with Gasteiger partial charge in [0.25, 0.3) is 0 Å². The Bertz CT molecular complexity index is 795. The summed E-state index contributed by atoms with van der Waals surface area (Å²) in [6.45, 7) is 4.79. The quantitative estimate of drug-likeness (QED) is 0.857. The van der Waals surface area contributed by atoms with Crippen LogP contribution in [0.4, 0.5) is 4.39 Å². The molecule has 0 saturated heterocycles. The molecule has 3 rings (SSSR count). The molecule has 0 amide bonds. The van der Waals surface area contributed by atoms with Crippen LogP contribution in [0.25, 0.3) is 10.4 Å². The zero-order chi connectivity index (χ0) is 17.5. The summed E-state index contributed by atoms with van der Waals surface area (Å²) in [6.07, 6.45) is 2.71. The SMILES string of the molecule is CNCc1ccc(-c2sc3c(c2C(=O)O)CC(C)(C)CC3)cc1F. The summed E-state index contributed by atoms with van der Waals surface area (Å²) < 4.78 is 14.3. The van der Waals surface area contributed by atoms with E-state index in [4.69, 9.17) is 0 Å². The monoisotopic (exact) mass is 347 g/mol. The predicted octanol–water partition coefficient (Wildman–Crippen LogP) is 4.49. The molecule has 1 heterocycles. The lowest BCUT2D eigenvalue weighted by Crippen LogP contribution is -2.22. The minimum absolute atomic E-state index is 0.109. The Balaban J connectivity index is 2.10. The first-order valence-corrected chi connectivity index (χ1v) is 8.95. The Kier molecular flexibility index (Phi) is 4.49. The Labute approximate surface area is 145 Å². The molecule has 0 radical (unpaired) electrons. The molecule has 3 nitrogen and oxygen atoms in total. The topological polar surface area (TPSA) is 49.3 Å². The van der Waals surface area contributed by atoms with Gasteiger partial charge in [0, 0.05) is 21.9 Å². The fourth-order valence-electron chi connectivity index (χ4n) is 3.37. The predicted molar refractivity (Wildman–Crippen MR) is 95.2 cm³/mol. The maximum Gasteiger partial charge on any atom is 0.337 e. The molecule has 1 aliphatic carbocycles. The summed E-state index contributed by atoms with van der Waals surface area (Å²) in [5, 5.41) is 12.7. The maximum atomic E-state index is 14.3. The molecule has 2 N–H and O–H groups in total. The average Bonchev–Trinajstić information content (AvgIpc) is 2.86. The number of aromatic carboxylic acids is 1. The molecule has 0 spiro atoms. The first-order chi connectivity index (χ1) is 11.3. The number of hydrogen-bond donors (Lipinski definition) is 2. The molecule has 0 bridgehead atoms. The van der Waals surface area contributed by atoms with Crippen LogP contribution < -0.4 is 5.32 Å². The van der Waals surface area contributed by atoms with Crippen LogP contribution in [-0.4, -0.2) is 18.1 Å². The highest BCUT2D eigenvalue weighted by atomic mass is 32.1. The van der Waals surface area contributed by atoms with E-state index in [0.29, 0.717) is 28.1 Å². The first-order valence-electron chi connectivity index (χ1n) is 8.13. The Morgan fingerprint density at radius 2 is 2.17 bits per heavy atom. The molecule has 0 saturated carbocycles. The third-order valence-corrected chi connectivity index (χ3v) is 6.01. The highest BCUT2D eigenvalue weighted by Gasteiger charge is 2.33. The number of hydrogen-bond acceptors (Lipinski definition) is 3. The number of thiophene rings is 1. The standard InChI is InChI=1S/C19H22FNO2S/c1-19(2)7-6-15-13(9-19)16(18(22)23)17(24-15)11-4-5-12(10-21-3)14(20)8-11/h4-5,8,21H,6-7,9-10H2,1-3H3,(H,22,23). The largest absolute Gasteiger partial charge is 0.478 e. The van der Waals surface area contributed by atoms with Gasteiger partial charge in [0.1, 0.15) is 5.82 Å². The zero-order valence-corrected chi connectivity index (χ0v) is 15.0. The summed E-state index contributed by atoms with van der Waals surface area (Å²) in [7, 11) is 1.77. The maximum absolute atomic E-state index is 14.3. The molecule has 128 valence electrons. The van der Waals surface area contributed by atoms with Gasteiger partial charge in [0.05, 0.1) is 5.56 Å². The van der Waals surface area contributed by atoms with E-state index in [0.717, 1.165) is 29.7 Å². The van der Waals surface area contributed by atoms with Crippen LogP contribution in [0.2, 0.25) is 0 Å². The minimum atomic E-state index is -0.917. The second kappa shape index (κ2) is 6.30. The van der Waals surface area contributed by atoms with Gasteiger partial charge in [-0.2, -0.15) is 0 Å². The number of rotatable bonds is 4. The molecule has 0 fully saturated rings. The summed E-state index contributed by atoms with van der Waals surface area (Å²) in [5.41, 5.74) is 2.65. The fourth-order valence-corrected chi connectivity index (χ4v) is 4.68. The van der Waals surface area contributed by atoms with Gasteiger partial charge in [-0.1, -0.05) is 26.0 Å². The van der Waals surface area contributed by atoms with Gasteiger partial charge in [-0.3, -0.25) is 0 Å². The van der Waals surface area contributed by atoms with Gasteiger partial charge in [-0.05, 0) is 48.9 Å². The number of carboxylic acid groups (broad SMARTS) is 1. The van der Waals surface area contributed by atoms with Gasteiger partial charge >= 0.3 is 5.97 Å². The van der Waals surface area contributed by atoms with Crippen LogP contribution in [-0.2, 0) is 19.4 Å². The average molecular weight is 347 g/mol. The number of carboxylic acids is 1. The van der Waals surface area contributed by atoms with E-state index in [-0.39, 0.29) is 11.2 Å². The molecule has 5 heteroatoms. The van der Waals surface area contributed by atoms with E-state index in [1.807, 2.05) is 6.07 Å². The zero-order valence-electron chi connectivity index (χ0n) is 14.2. The first kappa shape index (κ1) is 17.1. The van der Waals surface area contributed by atoms with Crippen LogP contribution >= 0.6 is 11.3 Å². The van der Waals surface area contributed by atoms with Gasteiger partial charge in [-0.25, -0.2) is 9.18 Å². The van der Waals surface area contributed by atoms with Crippen molar-refractivity contribution in [3.63, 3.8) is 0 Å². The van der Waals surface area contributed by atoms with Crippen molar-refractivity contribution in [1.82, 2.24) is 5.32 Å². The van der Waals surface area contributed by atoms with Gasteiger partial charge in [0.2, 0.25) is 0 Å². The number of aryl methyl sites for hydroxylation is 1. The Morgan fingerprint density at radius 3 is 2.79 bits per heavy atom. The smallest absolute Gasteiger partial charge is 0.337 e. The number of benzene rings is 1. The summed E-state index contributed by atoms with van der Waals surface area (Å²) in [6, 6.07) is 5.02. The molecule has 1 aromatic carbocycles. The molecule has 1 aromatic heterocycles. The minimum Gasteiger partial charge on any atom is -0.478 e. The third kappa shape index (κ3) is 3.10. The summed E-state index contributed by atoms with van der Waals surface area (Å²) >= 11 is 1.51. The van der Waals surface area contributed by atoms with Gasteiger partial charge < -0.3 is 10.4 Å². The molecule has 24 heavy (non-hydrogen) atoms. The van der Waals surface area contributed by atoms with Gasteiger partial charge in [-0.15, -0.1) is 11.3 Å². The lowest BCUT2D eigenvalue weighted by atomic mass is 9.76. The van der Waals surface area contributed by atoms with Crippen LogP contribution in [0.5, 0.6) is 0 Å². The van der Waals surface area contributed by atoms with Crippen molar-refractivity contribution in [2.24, 2.45) is 5.41 Å². The molecule has 0 atom stereocenters. The van der Waals surface area contributed by atoms with E-state index in [9.17, 15) is 14.3 Å².